The van der Waals surface area contributed by atoms with Crippen LogP contribution in [0.3, 0.4) is 0 Å². The van der Waals surface area contributed by atoms with Crippen LogP contribution in [0.2, 0.25) is 4.34 Å². The second-order valence-corrected chi connectivity index (χ2v) is 4.90. The number of aliphatic hydroxyl groups is 1. The first-order chi connectivity index (χ1) is 6.75. The molecule has 1 N–H and O–H groups in total. The van der Waals surface area contributed by atoms with E-state index in [1.165, 1.54) is 11.3 Å². The minimum Gasteiger partial charge on any atom is -0.388 e. The Morgan fingerprint density at radius 2 is 2.43 bits per heavy atom. The summed E-state index contributed by atoms with van der Waals surface area (Å²) in [6, 6.07) is 1.77. The Balaban J connectivity index is 2.06. The fourth-order valence-electron chi connectivity index (χ4n) is 1.09. The lowest BCUT2D eigenvalue weighted by Gasteiger charge is -2.04. The normalized spacial score (nSPS) is 13.0. The summed E-state index contributed by atoms with van der Waals surface area (Å²) in [6.07, 6.45) is 1.62. The van der Waals surface area contributed by atoms with Crippen LogP contribution < -0.4 is 0 Å². The van der Waals surface area contributed by atoms with Gasteiger partial charge in [-0.1, -0.05) is 11.6 Å². The fourth-order valence-corrected chi connectivity index (χ4v) is 2.47. The Hall–Kier alpha value is -0.490. The Morgan fingerprint density at radius 3 is 3.00 bits per heavy atom. The first kappa shape index (κ1) is 10.0. The number of hydrogen-bond donors (Lipinski definition) is 1. The molecule has 74 valence electrons. The van der Waals surface area contributed by atoms with Gasteiger partial charge in [0, 0.05) is 6.42 Å². The molecule has 0 radical (unpaired) electrons. The van der Waals surface area contributed by atoms with E-state index in [1.54, 1.807) is 12.3 Å². The highest BCUT2D eigenvalue weighted by Crippen LogP contribution is 2.26. The van der Waals surface area contributed by atoms with Crippen molar-refractivity contribution >= 4 is 34.7 Å². The standard InChI is InChI=1S/C8H7ClN2OS2/c9-8-1-5(4-13-8)7(12)2-6-3-10-14-11-6/h1,3-4,7,12H,2H2. The van der Waals surface area contributed by atoms with Crippen LogP contribution >= 0.6 is 34.7 Å². The number of rotatable bonds is 3. The van der Waals surface area contributed by atoms with Crippen LogP contribution in [0.4, 0.5) is 0 Å². The van der Waals surface area contributed by atoms with Gasteiger partial charge in [-0.2, -0.15) is 8.75 Å². The predicted molar refractivity (Wildman–Crippen MR) is 57.9 cm³/mol. The van der Waals surface area contributed by atoms with Crippen LogP contribution in [0.1, 0.15) is 17.4 Å². The molecule has 1 unspecified atom stereocenters. The minimum absolute atomic E-state index is 0.490. The highest BCUT2D eigenvalue weighted by Gasteiger charge is 2.11. The van der Waals surface area contributed by atoms with Gasteiger partial charge in [0.05, 0.1) is 34.1 Å². The molecule has 0 aliphatic carbocycles. The van der Waals surface area contributed by atoms with Crippen molar-refractivity contribution in [2.24, 2.45) is 0 Å². The molecule has 0 aliphatic heterocycles. The van der Waals surface area contributed by atoms with Gasteiger partial charge >= 0.3 is 0 Å². The molecule has 0 fully saturated rings. The van der Waals surface area contributed by atoms with E-state index in [2.05, 4.69) is 8.75 Å². The average molecular weight is 247 g/mol. The van der Waals surface area contributed by atoms with E-state index in [9.17, 15) is 5.11 Å². The van der Waals surface area contributed by atoms with E-state index in [4.69, 9.17) is 11.6 Å². The van der Waals surface area contributed by atoms with Gasteiger partial charge in [0.15, 0.2) is 0 Å². The van der Waals surface area contributed by atoms with Crippen LogP contribution in [-0.2, 0) is 6.42 Å². The van der Waals surface area contributed by atoms with E-state index >= 15 is 0 Å². The van der Waals surface area contributed by atoms with Crippen molar-refractivity contribution < 1.29 is 5.11 Å². The number of halogens is 1. The third-order valence-corrected chi connectivity index (χ3v) is 3.41. The Morgan fingerprint density at radius 1 is 1.57 bits per heavy atom. The largest absolute Gasteiger partial charge is 0.388 e. The van der Waals surface area contributed by atoms with Crippen molar-refractivity contribution in [3.8, 4) is 0 Å². The SMILES string of the molecule is OC(Cc1cnsn1)c1csc(Cl)c1. The number of aromatic nitrogens is 2. The molecule has 0 bridgehead atoms. The Kier molecular flexibility index (Phi) is 3.12. The molecule has 1 atom stereocenters. The minimum atomic E-state index is -0.539. The van der Waals surface area contributed by atoms with Crippen LogP contribution in [-0.4, -0.2) is 13.9 Å². The van der Waals surface area contributed by atoms with Crippen molar-refractivity contribution in [2.45, 2.75) is 12.5 Å². The summed E-state index contributed by atoms with van der Waals surface area (Å²) in [4.78, 5) is 0. The van der Waals surface area contributed by atoms with Gasteiger partial charge in [-0.25, -0.2) is 0 Å². The number of hydrogen-bond acceptors (Lipinski definition) is 5. The van der Waals surface area contributed by atoms with Gasteiger partial charge in [0.25, 0.3) is 0 Å². The smallest absolute Gasteiger partial charge is 0.0932 e. The molecule has 0 saturated heterocycles. The molecular formula is C8H7ClN2OS2. The molecule has 0 aliphatic rings. The maximum absolute atomic E-state index is 9.79. The zero-order chi connectivity index (χ0) is 9.97. The first-order valence-electron chi connectivity index (χ1n) is 3.94. The molecule has 2 aromatic heterocycles. The van der Waals surface area contributed by atoms with Crippen LogP contribution in [0, 0.1) is 0 Å². The molecule has 0 spiro atoms. The zero-order valence-corrected chi connectivity index (χ0v) is 9.44. The molecule has 0 aromatic carbocycles. The van der Waals surface area contributed by atoms with Gasteiger partial charge in [-0.15, -0.1) is 11.3 Å². The molecule has 14 heavy (non-hydrogen) atoms. The van der Waals surface area contributed by atoms with Gasteiger partial charge in [0.2, 0.25) is 0 Å². The third kappa shape index (κ3) is 2.30. The van der Waals surface area contributed by atoms with Crippen LogP contribution in [0.5, 0.6) is 0 Å². The molecule has 0 saturated carbocycles. The van der Waals surface area contributed by atoms with Crippen molar-refractivity contribution in [1.29, 1.82) is 0 Å². The highest BCUT2D eigenvalue weighted by molar-refractivity contribution is 7.14. The quantitative estimate of drug-likeness (QED) is 0.905. The molecule has 2 rings (SSSR count). The van der Waals surface area contributed by atoms with Gasteiger partial charge in [0.1, 0.15) is 0 Å². The van der Waals surface area contributed by atoms with Crippen LogP contribution in [0.15, 0.2) is 17.6 Å². The predicted octanol–water partition coefficient (Wildman–Crippen LogP) is 2.53. The number of thiophene rings is 1. The summed E-state index contributed by atoms with van der Waals surface area (Å²) in [5, 5.41) is 11.6. The number of nitrogens with zero attached hydrogens (tertiary/aromatic N) is 2. The first-order valence-corrected chi connectivity index (χ1v) is 5.93. The third-order valence-electron chi connectivity index (χ3n) is 1.78. The zero-order valence-electron chi connectivity index (χ0n) is 7.05. The summed E-state index contributed by atoms with van der Waals surface area (Å²) >= 11 is 8.33. The lowest BCUT2D eigenvalue weighted by molar-refractivity contribution is 0.178. The molecule has 2 aromatic rings. The van der Waals surface area contributed by atoms with E-state index in [-0.39, 0.29) is 0 Å². The highest BCUT2D eigenvalue weighted by atomic mass is 35.5. The summed E-state index contributed by atoms with van der Waals surface area (Å²) in [6.45, 7) is 0. The second-order valence-electron chi connectivity index (χ2n) is 2.80. The summed E-state index contributed by atoms with van der Waals surface area (Å²) in [5.74, 6) is 0. The van der Waals surface area contributed by atoms with E-state index in [0.717, 1.165) is 23.0 Å². The van der Waals surface area contributed by atoms with Crippen molar-refractivity contribution in [1.82, 2.24) is 8.75 Å². The Labute approximate surface area is 94.3 Å². The van der Waals surface area contributed by atoms with Crippen molar-refractivity contribution in [2.75, 3.05) is 0 Å². The van der Waals surface area contributed by atoms with Crippen LogP contribution in [0.25, 0.3) is 0 Å². The monoisotopic (exact) mass is 246 g/mol. The van der Waals surface area contributed by atoms with Crippen molar-refractivity contribution in [3.63, 3.8) is 0 Å². The van der Waals surface area contributed by atoms with Crippen molar-refractivity contribution in [3.05, 3.63) is 33.2 Å². The summed E-state index contributed by atoms with van der Waals surface area (Å²) < 4.78 is 8.59. The average Bonchev–Trinajstić information content (AvgIpc) is 2.75. The molecular weight excluding hydrogens is 240 g/mol. The summed E-state index contributed by atoms with van der Waals surface area (Å²) in [5.41, 5.74) is 1.65. The lowest BCUT2D eigenvalue weighted by Crippen LogP contribution is -2.00. The molecule has 3 nitrogen and oxygen atoms in total. The van der Waals surface area contributed by atoms with E-state index in [1.807, 2.05) is 5.38 Å². The van der Waals surface area contributed by atoms with E-state index < -0.39 is 6.10 Å². The molecule has 2 heterocycles. The molecule has 6 heteroatoms. The maximum Gasteiger partial charge on any atom is 0.0932 e. The molecule has 0 amide bonds. The van der Waals surface area contributed by atoms with Gasteiger partial charge < -0.3 is 5.11 Å². The maximum atomic E-state index is 9.79. The van der Waals surface area contributed by atoms with E-state index in [0.29, 0.717) is 10.8 Å². The van der Waals surface area contributed by atoms with Gasteiger partial charge in [-0.05, 0) is 17.0 Å². The summed E-state index contributed by atoms with van der Waals surface area (Å²) in [7, 11) is 0. The second kappa shape index (κ2) is 4.35. The topological polar surface area (TPSA) is 46.0 Å². The van der Waals surface area contributed by atoms with Gasteiger partial charge in [-0.3, -0.25) is 0 Å². The Bertz CT molecular complexity index is 401. The fraction of sp³-hybridized carbons (Fsp3) is 0.250. The lowest BCUT2D eigenvalue weighted by atomic mass is 10.1. The number of aliphatic hydroxyl groups excluding tert-OH is 1.